The molecule has 0 aromatic carbocycles. The normalized spacial score (nSPS) is 28.6. The number of carbonyl (C=O) groups is 8. The Morgan fingerprint density at radius 1 is 0.851 bits per heavy atom. The van der Waals surface area contributed by atoms with Crippen molar-refractivity contribution in [2.24, 2.45) is 41.0 Å². The molecule has 74 heavy (non-hydrogen) atoms. The Morgan fingerprint density at radius 2 is 1.39 bits per heavy atom. The summed E-state index contributed by atoms with van der Waals surface area (Å²) in [6, 6.07) is 7.14. The number of Topliss-reactive ketones (excluding diaryl/α,β-unsaturated/α-hetero) is 2. The van der Waals surface area contributed by atoms with Gasteiger partial charge in [0.05, 0.1) is 41.2 Å². The minimum Gasteiger partial charge on any atom is -0.544 e. The highest BCUT2D eigenvalue weighted by Crippen LogP contribution is 2.52. The van der Waals surface area contributed by atoms with Gasteiger partial charge in [0.1, 0.15) is 48.4 Å². The first-order valence-electron chi connectivity index (χ1n) is 22.3. The number of aromatic nitrogens is 4. The largest absolute Gasteiger partial charge is 0.544 e. The zero-order chi connectivity index (χ0) is 52.8. The number of carboxylic acid groups (broad SMARTS) is 1. The van der Waals surface area contributed by atoms with Crippen molar-refractivity contribution in [3.05, 3.63) is 87.3 Å². The Labute approximate surface area is 432 Å². The number of nitrogens with two attached hydrogens (primary N) is 1. The van der Waals surface area contributed by atoms with Gasteiger partial charge in [-0.05, 0) is 19.1 Å². The number of β-lactam (4-membered cyclic amide) rings is 2. The van der Waals surface area contributed by atoms with E-state index in [1.807, 2.05) is 36.1 Å². The lowest BCUT2D eigenvalue weighted by molar-refractivity contribution is -0.672. The zero-order valence-electron chi connectivity index (χ0n) is 38.8. The van der Waals surface area contributed by atoms with Crippen molar-refractivity contribution in [3.63, 3.8) is 0 Å². The number of nitrogen functional groups attached to an aromatic ring is 1. The molecule has 2 amide bonds. The molecule has 2 radical (unpaired) electrons. The molecule has 0 spiro atoms. The summed E-state index contributed by atoms with van der Waals surface area (Å²) in [5.74, 6) is -11.4. The maximum atomic E-state index is 13.3. The molecule has 10 rings (SSSR count). The number of thiazole rings is 2. The van der Waals surface area contributed by atoms with E-state index in [0.717, 1.165) is 32.3 Å². The summed E-state index contributed by atoms with van der Waals surface area (Å²) >= 11 is 2.39. The SMILES string of the molecule is C[n+]1cccc(CO/N=C(\C(=O)C[C@@H]2C(=O)N3[C@@H]2[S@@](=O)C[C@@H]2CC(=O)O[C@@]23C(=O)[O-])c2csc(N)n2)c1.[B]OC(=O)[C@]12OC(=O)C[C@H]1C[S@](=O)[C@@H]1[C@H](CC(=O)/C(=N\OCc3cccnc3)c3csc(C)n3)C(=O)N12. The number of carbonyl (C=O) groups excluding carboxylic acids is 8. The average Bonchev–Trinajstić information content (AvgIpc) is 4.16. The summed E-state index contributed by atoms with van der Waals surface area (Å²) in [6.45, 7) is 1.86. The smallest absolute Gasteiger partial charge is 0.378 e. The molecule has 10 atom stereocenters. The van der Waals surface area contributed by atoms with Crippen LogP contribution in [0.2, 0.25) is 0 Å². The van der Waals surface area contributed by atoms with Crippen LogP contribution in [0.25, 0.3) is 0 Å². The van der Waals surface area contributed by atoms with Crippen LogP contribution in [0.4, 0.5) is 5.13 Å². The second-order valence-corrected chi connectivity index (χ2v) is 22.7. The fourth-order valence-electron chi connectivity index (χ4n) is 9.64. The van der Waals surface area contributed by atoms with E-state index >= 15 is 0 Å². The molecule has 2 N–H and O–H groups in total. The number of hydrogen-bond acceptors (Lipinski definition) is 24. The Kier molecular flexibility index (Phi) is 14.4. The molecule has 30 heteroatoms. The lowest BCUT2D eigenvalue weighted by Crippen LogP contribution is -2.80. The maximum absolute atomic E-state index is 13.3. The van der Waals surface area contributed by atoms with Gasteiger partial charge in [-0.2, -0.15) is 0 Å². The molecule has 25 nitrogen and oxygen atoms in total. The van der Waals surface area contributed by atoms with Gasteiger partial charge in [0, 0.05) is 86.6 Å². The molecule has 0 saturated carbocycles. The minimum absolute atomic E-state index is 0.0486. The maximum Gasteiger partial charge on any atom is 0.378 e. The van der Waals surface area contributed by atoms with E-state index in [0.29, 0.717) is 5.01 Å². The first kappa shape index (κ1) is 51.7. The van der Waals surface area contributed by atoms with Crippen molar-refractivity contribution in [2.75, 3.05) is 17.2 Å². The molecular weight excluding hydrogens is 1050 g/mol. The molecule has 0 unspecified atom stereocenters. The first-order valence-corrected chi connectivity index (χ1v) is 26.8. The van der Waals surface area contributed by atoms with Gasteiger partial charge in [0.15, 0.2) is 40.5 Å². The van der Waals surface area contributed by atoms with Crippen molar-refractivity contribution in [1.82, 2.24) is 24.8 Å². The Morgan fingerprint density at radius 3 is 1.91 bits per heavy atom. The summed E-state index contributed by atoms with van der Waals surface area (Å²) < 4.78 is 42.5. The first-order chi connectivity index (χ1) is 35.4. The second-order valence-electron chi connectivity index (χ2n) is 17.6. The molecule has 0 bridgehead atoms. The number of rotatable bonds is 16. The van der Waals surface area contributed by atoms with Crippen LogP contribution in [0.3, 0.4) is 0 Å². The molecule has 6 fully saturated rings. The summed E-state index contributed by atoms with van der Waals surface area (Å²) in [5.41, 5.74) is 2.98. The highest BCUT2D eigenvalue weighted by Gasteiger charge is 2.73. The number of carboxylic acids is 1. The quantitative estimate of drug-likeness (QED) is 0.0321. The molecule has 6 aliphatic heterocycles. The van der Waals surface area contributed by atoms with Gasteiger partial charge in [0.2, 0.25) is 17.5 Å². The van der Waals surface area contributed by atoms with E-state index in [9.17, 15) is 51.9 Å². The van der Waals surface area contributed by atoms with Crippen LogP contribution in [0, 0.1) is 30.6 Å². The van der Waals surface area contributed by atoms with Crippen molar-refractivity contribution < 1.29 is 80.3 Å². The van der Waals surface area contributed by atoms with Gasteiger partial charge < -0.3 is 39.4 Å². The van der Waals surface area contributed by atoms with E-state index < -0.39 is 121 Å². The van der Waals surface area contributed by atoms with Crippen molar-refractivity contribution in [2.45, 2.75) is 68.0 Å². The fraction of sp³-hybridized carbons (Fsp3) is 0.409. The number of ketones is 2. The van der Waals surface area contributed by atoms with Gasteiger partial charge in [-0.15, -0.1) is 22.7 Å². The summed E-state index contributed by atoms with van der Waals surface area (Å²) in [4.78, 5) is 126. The molecule has 6 aliphatic rings. The molecule has 4 aromatic heterocycles. The summed E-state index contributed by atoms with van der Waals surface area (Å²) in [6.07, 6.45) is 5.54. The number of aliphatic carboxylic acids is 1. The van der Waals surface area contributed by atoms with Crippen LogP contribution in [-0.2, 0) is 104 Å². The van der Waals surface area contributed by atoms with Crippen LogP contribution in [0.5, 0.6) is 0 Å². The summed E-state index contributed by atoms with van der Waals surface area (Å²) in [5, 5.41) is 21.8. The third-order valence-electron chi connectivity index (χ3n) is 12.9. The van der Waals surface area contributed by atoms with Crippen molar-refractivity contribution in [1.29, 1.82) is 0 Å². The second kappa shape index (κ2) is 20.6. The van der Waals surface area contributed by atoms with Gasteiger partial charge in [0.25, 0.3) is 5.72 Å². The minimum atomic E-state index is -2.32. The van der Waals surface area contributed by atoms with Gasteiger partial charge in [-0.3, -0.25) is 52.0 Å². The molecule has 10 heterocycles. The predicted octanol–water partition coefficient (Wildman–Crippen LogP) is -1.85. The number of anilines is 1. The lowest BCUT2D eigenvalue weighted by Gasteiger charge is -2.58. The van der Waals surface area contributed by atoms with Crippen LogP contribution in [0.1, 0.15) is 53.2 Å². The van der Waals surface area contributed by atoms with Gasteiger partial charge in [-0.1, -0.05) is 16.4 Å². The van der Waals surface area contributed by atoms with E-state index in [-0.39, 0.29) is 71.9 Å². The number of nitrogens with zero attached hydrogens (tertiary/aromatic N) is 8. The van der Waals surface area contributed by atoms with Crippen molar-refractivity contribution >= 4 is 116 Å². The number of esters is 2. The zero-order valence-corrected chi connectivity index (χ0v) is 42.1. The standard InChI is InChI=1S/C22H19BN4O8S2.C22H21N5O8S2/c1-11-25-15(9-36-11)18(26-33-8-12-3-2-4-24-7-12)16(28)6-14-19(30)27-20(14)37(32)10-13-5-17(29)34-22(13,27)21(31)35-23;1-26-4-2-3-11(7-26)8-34-25-17(14-9-36-21(23)24-14)15(28)6-13-18(30)27-19(13)37(33)10-12-5-16(29)35-22(12,27)20(31)32/h2-4,7,9,13-14,20H,5-6,8,10H2,1H3;2-4,7,9,12-13,19H,5-6,8,10H2,1H3,(H2-,23,24,31,32)/b26-18-;25-17-/t13-,14+,20+,22+,37-;12-,13+,19+,22+,37-/m00/s1. The third-order valence-corrected chi connectivity index (χ3v) is 18.0. The van der Waals surface area contributed by atoms with Crippen LogP contribution in [-0.4, -0.2) is 134 Å². The fourth-order valence-corrected chi connectivity index (χ4v) is 14.8. The molecular formula is C44H40BN9O16S4. The van der Waals surface area contributed by atoms with E-state index in [2.05, 4.69) is 29.9 Å². The third kappa shape index (κ3) is 9.27. The highest BCUT2D eigenvalue weighted by molar-refractivity contribution is 7.86. The van der Waals surface area contributed by atoms with Crippen LogP contribution < -0.4 is 15.4 Å². The number of amides is 2. The van der Waals surface area contributed by atoms with Crippen molar-refractivity contribution in [3.8, 4) is 0 Å². The van der Waals surface area contributed by atoms with E-state index in [1.54, 1.807) is 36.8 Å². The lowest BCUT2D eigenvalue weighted by atomic mass is 9.84. The number of pyridine rings is 2. The number of fused-ring (bicyclic) bond motifs is 6. The molecule has 0 aliphatic carbocycles. The van der Waals surface area contributed by atoms with Crippen LogP contribution in [0.15, 0.2) is 70.1 Å². The number of ether oxygens (including phenoxy) is 2. The number of aryl methyl sites for hydroxylation is 2. The number of oxime groups is 2. The predicted molar refractivity (Wildman–Crippen MR) is 252 cm³/mol. The van der Waals surface area contributed by atoms with Gasteiger partial charge >= 0.3 is 26.0 Å². The van der Waals surface area contributed by atoms with E-state index in [1.165, 1.54) is 16.7 Å². The summed E-state index contributed by atoms with van der Waals surface area (Å²) in [7, 11) is 3.52. The van der Waals surface area contributed by atoms with E-state index in [4.69, 9.17) is 32.9 Å². The van der Waals surface area contributed by atoms with Crippen LogP contribution >= 0.6 is 22.7 Å². The van der Waals surface area contributed by atoms with Gasteiger partial charge in [-0.25, -0.2) is 19.3 Å². The molecule has 6 saturated heterocycles. The molecule has 384 valence electrons. The Bertz CT molecular complexity index is 3120. The topological polar surface area (TPSA) is 340 Å². The monoisotopic (exact) mass is 1090 g/mol. The Hall–Kier alpha value is -7.18. The highest BCUT2D eigenvalue weighted by atomic mass is 32.2. The number of hydrogen-bond donors (Lipinski definition) is 1. The Balaban J connectivity index is 0.000000182. The average molecular weight is 1090 g/mol. The molecule has 4 aromatic rings.